The molecular formula is C33H62N4O5. The van der Waals surface area contributed by atoms with Crippen LogP contribution in [0.3, 0.4) is 0 Å². The Hall–Kier alpha value is -2.68. The van der Waals surface area contributed by atoms with Gasteiger partial charge in [0, 0.05) is 38.7 Å². The number of amides is 4. The number of nitrogens with one attached hydrogen (secondary N) is 1. The number of hydrogen-bond donors (Lipinski definition) is 2. The summed E-state index contributed by atoms with van der Waals surface area (Å²) in [6.45, 7) is 21.6. The van der Waals surface area contributed by atoms with Crippen molar-refractivity contribution in [2.24, 2.45) is 17.8 Å². The van der Waals surface area contributed by atoms with Crippen LogP contribution in [0.15, 0.2) is 24.3 Å². The molecule has 0 aromatic rings. The Labute approximate surface area is 256 Å². The summed E-state index contributed by atoms with van der Waals surface area (Å²) < 4.78 is 0. The Morgan fingerprint density at radius 3 is 1.90 bits per heavy atom. The molecule has 2 rings (SSSR count). The summed E-state index contributed by atoms with van der Waals surface area (Å²) in [4.78, 5) is 52.8. The van der Waals surface area contributed by atoms with Crippen molar-refractivity contribution in [2.75, 3.05) is 33.2 Å². The Balaban J connectivity index is 0. The molecular weight excluding hydrogens is 532 g/mol. The summed E-state index contributed by atoms with van der Waals surface area (Å²) in [7, 11) is 1.73. The zero-order valence-corrected chi connectivity index (χ0v) is 28.4. The lowest BCUT2D eigenvalue weighted by molar-refractivity contribution is -0.167. The van der Waals surface area contributed by atoms with Crippen molar-refractivity contribution in [1.82, 2.24) is 20.2 Å². The van der Waals surface area contributed by atoms with E-state index in [2.05, 4.69) is 32.7 Å². The lowest BCUT2D eigenvalue weighted by atomic mass is 9.92. The van der Waals surface area contributed by atoms with E-state index in [4.69, 9.17) is 0 Å². The van der Waals surface area contributed by atoms with Gasteiger partial charge in [0.25, 0.3) is 0 Å². The maximum Gasteiger partial charge on any atom is 0.249 e. The molecule has 1 saturated heterocycles. The van der Waals surface area contributed by atoms with Crippen LogP contribution in [0.2, 0.25) is 0 Å². The van der Waals surface area contributed by atoms with Crippen molar-refractivity contribution in [3.05, 3.63) is 24.3 Å². The minimum Gasteiger partial charge on any atom is -0.347 e. The fourth-order valence-corrected chi connectivity index (χ4v) is 4.71. The van der Waals surface area contributed by atoms with E-state index in [0.717, 1.165) is 37.2 Å². The van der Waals surface area contributed by atoms with Crippen LogP contribution in [0.5, 0.6) is 0 Å². The normalized spacial score (nSPS) is 16.0. The number of likely N-dealkylation sites (N-methyl/N-ethyl adjacent to an activating group) is 1. The number of carbonyl (C=O) groups excluding carboxylic acids is 4. The highest BCUT2D eigenvalue weighted by Crippen LogP contribution is 2.30. The van der Waals surface area contributed by atoms with Crippen molar-refractivity contribution < 1.29 is 24.4 Å². The van der Waals surface area contributed by atoms with Crippen molar-refractivity contribution in [3.63, 3.8) is 0 Å². The molecule has 4 amide bonds. The van der Waals surface area contributed by atoms with Gasteiger partial charge < -0.3 is 15.1 Å². The van der Waals surface area contributed by atoms with E-state index in [0.29, 0.717) is 43.3 Å². The van der Waals surface area contributed by atoms with Crippen LogP contribution in [0.1, 0.15) is 107 Å². The predicted molar refractivity (Wildman–Crippen MR) is 172 cm³/mol. The molecule has 0 spiro atoms. The van der Waals surface area contributed by atoms with Crippen molar-refractivity contribution in [1.29, 1.82) is 0 Å². The second kappa shape index (κ2) is 23.8. The molecule has 0 aromatic heterocycles. The Bertz CT molecular complexity index is 826. The molecule has 1 saturated carbocycles. The third-order valence-electron chi connectivity index (χ3n) is 7.10. The first-order chi connectivity index (χ1) is 19.8. The van der Waals surface area contributed by atoms with Gasteiger partial charge in [0.2, 0.25) is 23.6 Å². The van der Waals surface area contributed by atoms with Crippen LogP contribution in [0.25, 0.3) is 0 Å². The lowest BCUT2D eigenvalue weighted by Gasteiger charge is -2.37. The Morgan fingerprint density at radius 1 is 1.00 bits per heavy atom. The molecule has 0 aromatic carbocycles. The molecule has 2 aliphatic rings. The highest BCUT2D eigenvalue weighted by atomic mass is 16.5. The largest absolute Gasteiger partial charge is 0.347 e. The number of piperidine rings is 1. The molecule has 2 fully saturated rings. The molecule has 1 heterocycles. The standard InChI is InChI=1S/C24H40N4O5.C4H10.C3H6.C2H6/c1-5-17(2)24(32)27-12-10-21(11-13-27)26(4)22(30)15-25-23(31)20(16-28(33)18(3)29)14-19-8-6-7-9-19;1-4(2)3;1-3-2;1-2/h5,19-21,33H,6-16H2,1-4H3,(H,25,31);4H,1-3H3;3H,1H2,2H3;1-2H3/b17-5+;;;. The predicted octanol–water partition coefficient (Wildman–Crippen LogP) is 5.83. The van der Waals surface area contributed by atoms with Crippen molar-refractivity contribution >= 4 is 23.6 Å². The fourth-order valence-electron chi connectivity index (χ4n) is 4.71. The van der Waals surface area contributed by atoms with Crippen LogP contribution < -0.4 is 5.32 Å². The van der Waals surface area contributed by atoms with Gasteiger partial charge in [-0.1, -0.05) is 72.5 Å². The minimum atomic E-state index is -0.552. The van der Waals surface area contributed by atoms with E-state index in [1.165, 1.54) is 6.92 Å². The molecule has 1 atom stereocenters. The number of hydroxylamine groups is 2. The van der Waals surface area contributed by atoms with Crippen LogP contribution in [0, 0.1) is 17.8 Å². The van der Waals surface area contributed by atoms with E-state index in [1.807, 2.05) is 32.6 Å². The second-order valence-corrected chi connectivity index (χ2v) is 11.5. The van der Waals surface area contributed by atoms with Crippen molar-refractivity contribution in [3.8, 4) is 0 Å². The van der Waals surface area contributed by atoms with Crippen molar-refractivity contribution in [2.45, 2.75) is 113 Å². The number of rotatable bonds is 9. The topological polar surface area (TPSA) is 110 Å². The molecule has 1 unspecified atom stereocenters. The van der Waals surface area contributed by atoms with Gasteiger partial charge in [0.05, 0.1) is 19.0 Å². The Kier molecular flexibility index (Phi) is 23.5. The molecule has 9 heteroatoms. The maximum absolute atomic E-state index is 12.8. The van der Waals surface area contributed by atoms with Gasteiger partial charge in [0.15, 0.2) is 0 Å². The monoisotopic (exact) mass is 594 g/mol. The van der Waals surface area contributed by atoms with Gasteiger partial charge in [-0.15, -0.1) is 6.58 Å². The van der Waals surface area contributed by atoms with Gasteiger partial charge in [-0.25, -0.2) is 5.06 Å². The summed E-state index contributed by atoms with van der Waals surface area (Å²) in [5.41, 5.74) is 0.721. The zero-order valence-electron chi connectivity index (χ0n) is 28.4. The summed E-state index contributed by atoms with van der Waals surface area (Å²) in [6.07, 6.45) is 9.91. The van der Waals surface area contributed by atoms with Gasteiger partial charge in [-0.2, -0.15) is 0 Å². The maximum atomic E-state index is 12.8. The van der Waals surface area contributed by atoms with Gasteiger partial charge in [-0.05, 0) is 51.9 Å². The highest BCUT2D eigenvalue weighted by Gasteiger charge is 2.30. The van der Waals surface area contributed by atoms with E-state index >= 15 is 0 Å². The first kappa shape index (κ1) is 41.5. The van der Waals surface area contributed by atoms with E-state index < -0.39 is 11.8 Å². The first-order valence-corrected chi connectivity index (χ1v) is 15.8. The first-order valence-electron chi connectivity index (χ1n) is 15.8. The third kappa shape index (κ3) is 17.3. The fraction of sp³-hybridized carbons (Fsp3) is 0.758. The highest BCUT2D eigenvalue weighted by molar-refractivity contribution is 5.92. The summed E-state index contributed by atoms with van der Waals surface area (Å²) >= 11 is 0. The molecule has 244 valence electrons. The summed E-state index contributed by atoms with van der Waals surface area (Å²) in [6, 6.07) is 0.0179. The summed E-state index contributed by atoms with van der Waals surface area (Å²) in [5, 5.41) is 13.2. The van der Waals surface area contributed by atoms with Crippen LogP contribution >= 0.6 is 0 Å². The summed E-state index contributed by atoms with van der Waals surface area (Å²) in [5.74, 6) is -0.294. The average molecular weight is 595 g/mol. The second-order valence-electron chi connectivity index (χ2n) is 11.5. The number of carbonyl (C=O) groups is 4. The average Bonchev–Trinajstić information content (AvgIpc) is 3.48. The number of allylic oxidation sites excluding steroid dienone is 2. The number of hydrogen-bond acceptors (Lipinski definition) is 5. The minimum absolute atomic E-state index is 0.0179. The van der Waals surface area contributed by atoms with E-state index in [-0.39, 0.29) is 36.9 Å². The Morgan fingerprint density at radius 2 is 1.48 bits per heavy atom. The van der Waals surface area contributed by atoms with E-state index in [1.54, 1.807) is 31.0 Å². The quantitative estimate of drug-likeness (QED) is 0.151. The SMILES string of the molecule is C/C=C(\C)C(=O)N1CCC(N(C)C(=O)CNC(=O)C(CC2CCCC2)CN(O)C(C)=O)CC1.C=CC.CC.CC(C)C. The van der Waals surface area contributed by atoms with Crippen LogP contribution in [0.4, 0.5) is 0 Å². The lowest BCUT2D eigenvalue weighted by Crippen LogP contribution is -2.50. The molecule has 1 aliphatic heterocycles. The van der Waals surface area contributed by atoms with Crippen LogP contribution in [-0.2, 0) is 19.2 Å². The van der Waals surface area contributed by atoms with Gasteiger partial charge >= 0.3 is 0 Å². The van der Waals surface area contributed by atoms with Crippen LogP contribution in [-0.4, -0.2) is 83.0 Å². The number of likely N-dealkylation sites (tertiary alicyclic amines) is 1. The third-order valence-corrected chi connectivity index (χ3v) is 7.10. The molecule has 2 N–H and O–H groups in total. The number of nitrogens with zero attached hydrogens (tertiary/aromatic N) is 3. The smallest absolute Gasteiger partial charge is 0.249 e. The molecule has 9 nitrogen and oxygen atoms in total. The van der Waals surface area contributed by atoms with E-state index in [9.17, 15) is 24.4 Å². The van der Waals surface area contributed by atoms with Gasteiger partial charge in [-0.3, -0.25) is 24.4 Å². The van der Waals surface area contributed by atoms with Gasteiger partial charge in [0.1, 0.15) is 0 Å². The molecule has 1 aliphatic carbocycles. The molecule has 42 heavy (non-hydrogen) atoms. The molecule has 0 bridgehead atoms. The molecule has 0 radical (unpaired) electrons. The zero-order chi connectivity index (χ0) is 32.8.